The number of carbonyl (C=O) groups excluding carboxylic acids is 1. The molecule has 0 heterocycles. The molecule has 1 rings (SSSR count). The van der Waals surface area contributed by atoms with Gasteiger partial charge < -0.3 is 10.0 Å². The second-order valence-corrected chi connectivity index (χ2v) is 4.86. The van der Waals surface area contributed by atoms with E-state index in [2.05, 4.69) is 0 Å². The molecule has 0 aromatic heterocycles. The Morgan fingerprint density at radius 1 is 1.29 bits per heavy atom. The molecule has 0 saturated heterocycles. The Bertz CT molecular complexity index is 290. The number of nitrogens with zero attached hydrogens (tertiary/aromatic N) is 1. The normalized spacial score (nSPS) is 25.6. The summed E-state index contributed by atoms with van der Waals surface area (Å²) in [5.74, 6) is -1.56. The van der Waals surface area contributed by atoms with E-state index in [1.54, 1.807) is 0 Å². The van der Waals surface area contributed by atoms with Crippen molar-refractivity contribution in [1.29, 1.82) is 0 Å². The van der Waals surface area contributed by atoms with E-state index in [0.29, 0.717) is 13.0 Å². The molecule has 17 heavy (non-hydrogen) atoms. The third-order valence-electron chi connectivity index (χ3n) is 3.90. The Kier molecular flexibility index (Phi) is 4.97. The molecule has 0 radical (unpaired) electrons. The predicted octanol–water partition coefficient (Wildman–Crippen LogP) is 2.13. The SMILES string of the molecule is CCC(C)N(CC)C(=O)C1CCCC1C(=O)O. The lowest BCUT2D eigenvalue weighted by Crippen LogP contribution is -2.43. The highest BCUT2D eigenvalue weighted by molar-refractivity contribution is 5.85. The quantitative estimate of drug-likeness (QED) is 0.802. The molecule has 98 valence electrons. The topological polar surface area (TPSA) is 57.6 Å². The summed E-state index contributed by atoms with van der Waals surface area (Å²) in [6, 6.07) is 0.197. The molecular weight excluding hydrogens is 218 g/mol. The first-order valence-electron chi connectivity index (χ1n) is 6.56. The maximum atomic E-state index is 12.4. The first-order valence-corrected chi connectivity index (χ1v) is 6.56. The molecule has 1 aliphatic rings. The predicted molar refractivity (Wildman–Crippen MR) is 65.6 cm³/mol. The second-order valence-electron chi connectivity index (χ2n) is 4.86. The Hall–Kier alpha value is -1.06. The second kappa shape index (κ2) is 6.03. The number of hydrogen-bond donors (Lipinski definition) is 1. The van der Waals surface area contributed by atoms with Gasteiger partial charge in [0.15, 0.2) is 0 Å². The number of hydrogen-bond acceptors (Lipinski definition) is 2. The van der Waals surface area contributed by atoms with Crippen LogP contribution in [0, 0.1) is 11.8 Å². The minimum atomic E-state index is -0.818. The van der Waals surface area contributed by atoms with Gasteiger partial charge in [0.1, 0.15) is 0 Å². The number of amides is 1. The van der Waals surface area contributed by atoms with Crippen LogP contribution in [-0.4, -0.2) is 34.5 Å². The molecule has 3 atom stereocenters. The Labute approximate surface area is 103 Å². The number of carboxylic acids is 1. The lowest BCUT2D eigenvalue weighted by Gasteiger charge is -2.31. The summed E-state index contributed by atoms with van der Waals surface area (Å²) in [6.45, 7) is 6.68. The molecule has 0 spiro atoms. The minimum absolute atomic E-state index is 0.0340. The molecule has 1 amide bonds. The summed E-state index contributed by atoms with van der Waals surface area (Å²) in [5.41, 5.74) is 0. The monoisotopic (exact) mass is 241 g/mol. The van der Waals surface area contributed by atoms with E-state index in [1.807, 2.05) is 25.7 Å². The lowest BCUT2D eigenvalue weighted by atomic mass is 9.94. The van der Waals surface area contributed by atoms with Crippen LogP contribution in [0.3, 0.4) is 0 Å². The van der Waals surface area contributed by atoms with Gasteiger partial charge in [0.2, 0.25) is 5.91 Å². The molecule has 1 saturated carbocycles. The summed E-state index contributed by atoms with van der Waals surface area (Å²) >= 11 is 0. The molecule has 0 aliphatic heterocycles. The number of carbonyl (C=O) groups is 2. The molecule has 1 N–H and O–H groups in total. The van der Waals surface area contributed by atoms with Crippen LogP contribution in [0.2, 0.25) is 0 Å². The van der Waals surface area contributed by atoms with E-state index >= 15 is 0 Å². The van der Waals surface area contributed by atoms with E-state index in [4.69, 9.17) is 5.11 Å². The number of aliphatic carboxylic acids is 1. The van der Waals surface area contributed by atoms with Gasteiger partial charge in [-0.15, -0.1) is 0 Å². The smallest absolute Gasteiger partial charge is 0.307 e. The van der Waals surface area contributed by atoms with Crippen LogP contribution in [0.25, 0.3) is 0 Å². The van der Waals surface area contributed by atoms with E-state index < -0.39 is 11.9 Å². The van der Waals surface area contributed by atoms with Gasteiger partial charge in [-0.2, -0.15) is 0 Å². The third kappa shape index (κ3) is 2.99. The number of rotatable bonds is 5. The van der Waals surface area contributed by atoms with Gasteiger partial charge in [-0.25, -0.2) is 0 Å². The fourth-order valence-electron chi connectivity index (χ4n) is 2.67. The Balaban J connectivity index is 2.76. The Morgan fingerprint density at radius 2 is 1.88 bits per heavy atom. The van der Waals surface area contributed by atoms with Crippen LogP contribution < -0.4 is 0 Å². The van der Waals surface area contributed by atoms with Gasteiger partial charge in [0.25, 0.3) is 0 Å². The van der Waals surface area contributed by atoms with Gasteiger partial charge in [-0.05, 0) is 33.1 Å². The number of carboxylic acid groups (broad SMARTS) is 1. The first-order chi connectivity index (χ1) is 8.02. The highest BCUT2D eigenvalue weighted by Gasteiger charge is 2.40. The van der Waals surface area contributed by atoms with Gasteiger partial charge in [-0.3, -0.25) is 9.59 Å². The van der Waals surface area contributed by atoms with E-state index in [0.717, 1.165) is 19.3 Å². The minimum Gasteiger partial charge on any atom is -0.481 e. The fourth-order valence-corrected chi connectivity index (χ4v) is 2.67. The molecule has 0 bridgehead atoms. The van der Waals surface area contributed by atoms with Gasteiger partial charge in [0.05, 0.1) is 11.8 Å². The van der Waals surface area contributed by atoms with Crippen LogP contribution in [-0.2, 0) is 9.59 Å². The highest BCUT2D eigenvalue weighted by atomic mass is 16.4. The molecule has 4 heteroatoms. The van der Waals surface area contributed by atoms with Crippen molar-refractivity contribution in [3.63, 3.8) is 0 Å². The third-order valence-corrected chi connectivity index (χ3v) is 3.90. The molecule has 0 aromatic carbocycles. The van der Waals surface area contributed by atoms with Crippen LogP contribution in [0.1, 0.15) is 46.5 Å². The van der Waals surface area contributed by atoms with Gasteiger partial charge in [0, 0.05) is 12.6 Å². The van der Waals surface area contributed by atoms with Crippen LogP contribution >= 0.6 is 0 Å². The van der Waals surface area contributed by atoms with Crippen molar-refractivity contribution in [2.24, 2.45) is 11.8 Å². The van der Waals surface area contributed by atoms with Crippen LogP contribution in [0.15, 0.2) is 0 Å². The summed E-state index contributed by atoms with van der Waals surface area (Å²) in [4.78, 5) is 25.3. The maximum absolute atomic E-state index is 12.4. The first kappa shape index (κ1) is 14.0. The van der Waals surface area contributed by atoms with Crippen molar-refractivity contribution in [2.45, 2.75) is 52.5 Å². The molecule has 1 aliphatic carbocycles. The van der Waals surface area contributed by atoms with E-state index in [-0.39, 0.29) is 17.9 Å². The summed E-state index contributed by atoms with van der Waals surface area (Å²) < 4.78 is 0. The van der Waals surface area contributed by atoms with Crippen LogP contribution in [0.4, 0.5) is 0 Å². The van der Waals surface area contributed by atoms with Gasteiger partial charge in [-0.1, -0.05) is 13.3 Å². The lowest BCUT2D eigenvalue weighted by molar-refractivity contribution is -0.149. The summed E-state index contributed by atoms with van der Waals surface area (Å²) in [7, 11) is 0. The average Bonchev–Trinajstić information content (AvgIpc) is 2.78. The fraction of sp³-hybridized carbons (Fsp3) is 0.846. The van der Waals surface area contributed by atoms with Crippen LogP contribution in [0.5, 0.6) is 0 Å². The van der Waals surface area contributed by atoms with E-state index in [9.17, 15) is 9.59 Å². The summed E-state index contributed by atoms with van der Waals surface area (Å²) in [5, 5.41) is 9.11. The standard InChI is InChI=1S/C13H23NO3/c1-4-9(3)14(5-2)12(15)10-7-6-8-11(10)13(16)17/h9-11H,4-8H2,1-3H3,(H,16,17). The van der Waals surface area contributed by atoms with Crippen molar-refractivity contribution in [2.75, 3.05) is 6.54 Å². The van der Waals surface area contributed by atoms with E-state index in [1.165, 1.54) is 0 Å². The Morgan fingerprint density at radius 3 is 2.35 bits per heavy atom. The molecule has 1 fully saturated rings. The van der Waals surface area contributed by atoms with Crippen molar-refractivity contribution >= 4 is 11.9 Å². The van der Waals surface area contributed by atoms with Crippen molar-refractivity contribution in [3.05, 3.63) is 0 Å². The molecule has 0 aromatic rings. The maximum Gasteiger partial charge on any atom is 0.307 e. The average molecular weight is 241 g/mol. The zero-order valence-electron chi connectivity index (χ0n) is 11.0. The van der Waals surface area contributed by atoms with Crippen molar-refractivity contribution in [3.8, 4) is 0 Å². The summed E-state index contributed by atoms with van der Waals surface area (Å²) in [6.07, 6.45) is 3.13. The highest BCUT2D eigenvalue weighted by Crippen LogP contribution is 2.33. The van der Waals surface area contributed by atoms with Crippen molar-refractivity contribution in [1.82, 2.24) is 4.90 Å². The zero-order chi connectivity index (χ0) is 13.0. The molecule has 4 nitrogen and oxygen atoms in total. The van der Waals surface area contributed by atoms with Crippen molar-refractivity contribution < 1.29 is 14.7 Å². The van der Waals surface area contributed by atoms with Gasteiger partial charge >= 0.3 is 5.97 Å². The largest absolute Gasteiger partial charge is 0.481 e. The molecule has 3 unspecified atom stereocenters. The molecular formula is C13H23NO3. The zero-order valence-corrected chi connectivity index (χ0v) is 11.0.